The van der Waals surface area contributed by atoms with Gasteiger partial charge in [0.1, 0.15) is 5.69 Å². The van der Waals surface area contributed by atoms with E-state index in [4.69, 9.17) is 0 Å². The molecule has 1 saturated heterocycles. The highest BCUT2D eigenvalue weighted by Gasteiger charge is 2.26. The lowest BCUT2D eigenvalue weighted by Crippen LogP contribution is -2.43. The summed E-state index contributed by atoms with van der Waals surface area (Å²) in [5.74, 6) is 0.0546. The second kappa shape index (κ2) is 8.15. The molecule has 1 atom stereocenters. The van der Waals surface area contributed by atoms with Gasteiger partial charge in [0, 0.05) is 30.2 Å². The van der Waals surface area contributed by atoms with Crippen molar-refractivity contribution in [1.29, 1.82) is 0 Å². The Hall–Kier alpha value is -2.36. The first-order valence-electron chi connectivity index (χ1n) is 9.34. The summed E-state index contributed by atoms with van der Waals surface area (Å²) in [6, 6.07) is 12.4. The molecule has 0 spiro atoms. The van der Waals surface area contributed by atoms with Gasteiger partial charge in [-0.05, 0) is 55.9 Å². The second-order valence-electron chi connectivity index (χ2n) is 6.62. The van der Waals surface area contributed by atoms with Crippen molar-refractivity contribution in [3.8, 4) is 0 Å². The third-order valence-electron chi connectivity index (χ3n) is 5.02. The van der Waals surface area contributed by atoms with Gasteiger partial charge in [-0.3, -0.25) is 9.78 Å². The number of para-hydroxylation sites is 1. The summed E-state index contributed by atoms with van der Waals surface area (Å²) < 4.78 is 0. The Morgan fingerprint density at radius 2 is 2.08 bits per heavy atom. The summed E-state index contributed by atoms with van der Waals surface area (Å²) in [5.41, 5.74) is 3.77. The zero-order valence-corrected chi connectivity index (χ0v) is 15.2. The minimum Gasteiger partial charge on any atom is -0.355 e. The molecular weight excluding hydrogens is 310 g/mol. The average molecular weight is 337 g/mol. The van der Waals surface area contributed by atoms with Crippen molar-refractivity contribution >= 4 is 17.3 Å². The molecule has 0 radical (unpaired) electrons. The Kier molecular flexibility index (Phi) is 5.69. The van der Waals surface area contributed by atoms with Crippen molar-refractivity contribution in [2.75, 3.05) is 11.9 Å². The van der Waals surface area contributed by atoms with E-state index in [9.17, 15) is 4.79 Å². The topological polar surface area (TPSA) is 45.2 Å². The van der Waals surface area contributed by atoms with E-state index in [-0.39, 0.29) is 5.91 Å². The maximum absolute atomic E-state index is 12.9. The number of hydrogen-bond donors (Lipinski definition) is 1. The number of piperidine rings is 1. The van der Waals surface area contributed by atoms with Crippen molar-refractivity contribution < 1.29 is 4.79 Å². The summed E-state index contributed by atoms with van der Waals surface area (Å²) in [5, 5.41) is 3.44. The molecule has 4 heteroatoms. The van der Waals surface area contributed by atoms with Crippen LogP contribution in [0.1, 0.15) is 55.6 Å². The molecule has 0 saturated carbocycles. The van der Waals surface area contributed by atoms with Crippen LogP contribution >= 0.6 is 0 Å². The molecule has 1 fully saturated rings. The quantitative estimate of drug-likeness (QED) is 0.853. The van der Waals surface area contributed by atoms with Gasteiger partial charge in [0.25, 0.3) is 5.91 Å². The Balaban J connectivity index is 1.80. The monoisotopic (exact) mass is 337 g/mol. The highest BCUT2D eigenvalue weighted by atomic mass is 16.2. The van der Waals surface area contributed by atoms with E-state index in [1.807, 2.05) is 29.2 Å². The van der Waals surface area contributed by atoms with E-state index in [0.717, 1.165) is 43.6 Å². The molecule has 4 nitrogen and oxygen atoms in total. The Morgan fingerprint density at radius 3 is 2.88 bits per heavy atom. The van der Waals surface area contributed by atoms with Gasteiger partial charge < -0.3 is 10.2 Å². The van der Waals surface area contributed by atoms with Gasteiger partial charge in [-0.1, -0.05) is 32.0 Å². The number of hydrogen-bond acceptors (Lipinski definition) is 3. The summed E-state index contributed by atoms with van der Waals surface area (Å²) in [7, 11) is 0. The molecule has 1 N–H and O–H groups in total. The number of amides is 1. The summed E-state index contributed by atoms with van der Waals surface area (Å²) in [6.07, 6.45) is 7.09. The third-order valence-corrected chi connectivity index (χ3v) is 5.02. The average Bonchev–Trinajstić information content (AvgIpc) is 2.68. The maximum Gasteiger partial charge on any atom is 0.272 e. The van der Waals surface area contributed by atoms with Crippen LogP contribution < -0.4 is 5.32 Å². The molecule has 1 aliphatic rings. The molecule has 1 amide bonds. The van der Waals surface area contributed by atoms with E-state index in [1.165, 1.54) is 12.0 Å². The van der Waals surface area contributed by atoms with E-state index < -0.39 is 0 Å². The standard InChI is InChI=1S/C21H27N3O/c1-3-16-9-5-6-11-19(16)23-17-12-13-22-20(15-17)21(25)24-14-8-7-10-18(24)4-2/h5-6,9,11-13,15,18H,3-4,7-8,10,14H2,1-2H3,(H,22,23). The lowest BCUT2D eigenvalue weighted by atomic mass is 9.99. The van der Waals surface area contributed by atoms with Crippen molar-refractivity contribution in [2.45, 2.75) is 52.0 Å². The van der Waals surface area contributed by atoms with Crippen molar-refractivity contribution in [2.24, 2.45) is 0 Å². The van der Waals surface area contributed by atoms with E-state index in [0.29, 0.717) is 11.7 Å². The molecule has 132 valence electrons. The summed E-state index contributed by atoms with van der Waals surface area (Å²) in [6.45, 7) is 5.14. The van der Waals surface area contributed by atoms with Gasteiger partial charge >= 0.3 is 0 Å². The van der Waals surface area contributed by atoms with Crippen LogP contribution in [0, 0.1) is 0 Å². The molecular formula is C21H27N3O. The summed E-state index contributed by atoms with van der Waals surface area (Å²) in [4.78, 5) is 19.3. The minimum absolute atomic E-state index is 0.0546. The molecule has 25 heavy (non-hydrogen) atoms. The van der Waals surface area contributed by atoms with E-state index in [2.05, 4.69) is 36.3 Å². The number of nitrogens with one attached hydrogen (secondary N) is 1. The maximum atomic E-state index is 12.9. The minimum atomic E-state index is 0.0546. The van der Waals surface area contributed by atoms with Gasteiger partial charge in [-0.25, -0.2) is 0 Å². The van der Waals surface area contributed by atoms with Crippen molar-refractivity contribution in [1.82, 2.24) is 9.88 Å². The van der Waals surface area contributed by atoms with Crippen LogP contribution in [-0.2, 0) is 6.42 Å². The number of nitrogens with zero attached hydrogens (tertiary/aromatic N) is 2. The fraction of sp³-hybridized carbons (Fsp3) is 0.429. The smallest absolute Gasteiger partial charge is 0.272 e. The third kappa shape index (κ3) is 4.01. The van der Waals surface area contributed by atoms with E-state index >= 15 is 0 Å². The molecule has 1 aromatic heterocycles. The van der Waals surface area contributed by atoms with Gasteiger partial charge in [0.05, 0.1) is 0 Å². The number of carbonyl (C=O) groups excluding carboxylic acids is 1. The van der Waals surface area contributed by atoms with Gasteiger partial charge in [0.2, 0.25) is 0 Å². The number of pyridine rings is 1. The number of benzene rings is 1. The van der Waals surface area contributed by atoms with Crippen LogP contribution in [0.15, 0.2) is 42.6 Å². The predicted molar refractivity (Wildman–Crippen MR) is 102 cm³/mol. The number of anilines is 2. The lowest BCUT2D eigenvalue weighted by molar-refractivity contribution is 0.0602. The van der Waals surface area contributed by atoms with Crippen LogP contribution in [0.2, 0.25) is 0 Å². The second-order valence-corrected chi connectivity index (χ2v) is 6.62. The number of aryl methyl sites for hydroxylation is 1. The first-order valence-corrected chi connectivity index (χ1v) is 9.34. The van der Waals surface area contributed by atoms with Crippen molar-refractivity contribution in [3.05, 3.63) is 53.9 Å². The first kappa shape index (κ1) is 17.5. The number of rotatable bonds is 5. The predicted octanol–water partition coefficient (Wildman–Crippen LogP) is 4.79. The normalized spacial score (nSPS) is 17.4. The highest BCUT2D eigenvalue weighted by Crippen LogP contribution is 2.24. The lowest BCUT2D eigenvalue weighted by Gasteiger charge is -2.35. The van der Waals surface area contributed by atoms with Crippen LogP contribution in [0.3, 0.4) is 0 Å². The highest BCUT2D eigenvalue weighted by molar-refractivity contribution is 5.93. The molecule has 3 rings (SSSR count). The van der Waals surface area contributed by atoms with Gasteiger partial charge in [-0.15, -0.1) is 0 Å². The number of aromatic nitrogens is 1. The summed E-state index contributed by atoms with van der Waals surface area (Å²) >= 11 is 0. The number of carbonyl (C=O) groups is 1. The molecule has 1 unspecified atom stereocenters. The first-order chi connectivity index (χ1) is 12.2. The van der Waals surface area contributed by atoms with Crippen LogP contribution in [-0.4, -0.2) is 28.4 Å². The molecule has 0 bridgehead atoms. The molecule has 2 heterocycles. The fourth-order valence-electron chi connectivity index (χ4n) is 3.57. The molecule has 1 aliphatic heterocycles. The van der Waals surface area contributed by atoms with Crippen LogP contribution in [0.5, 0.6) is 0 Å². The largest absolute Gasteiger partial charge is 0.355 e. The SMILES string of the molecule is CCc1ccccc1Nc1ccnc(C(=O)N2CCCCC2CC)c1. The van der Waals surface area contributed by atoms with Crippen LogP contribution in [0.25, 0.3) is 0 Å². The Morgan fingerprint density at radius 1 is 1.24 bits per heavy atom. The van der Waals surface area contributed by atoms with E-state index in [1.54, 1.807) is 6.20 Å². The van der Waals surface area contributed by atoms with Crippen molar-refractivity contribution in [3.63, 3.8) is 0 Å². The zero-order chi connectivity index (χ0) is 17.6. The molecule has 0 aliphatic carbocycles. The fourth-order valence-corrected chi connectivity index (χ4v) is 3.57. The number of likely N-dealkylation sites (tertiary alicyclic amines) is 1. The zero-order valence-electron chi connectivity index (χ0n) is 15.2. The molecule has 2 aromatic rings. The Labute approximate surface area is 150 Å². The van der Waals surface area contributed by atoms with Gasteiger partial charge in [-0.2, -0.15) is 0 Å². The van der Waals surface area contributed by atoms with Gasteiger partial charge in [0.15, 0.2) is 0 Å². The Bertz CT molecular complexity index is 729. The van der Waals surface area contributed by atoms with Crippen LogP contribution in [0.4, 0.5) is 11.4 Å². The molecule has 1 aromatic carbocycles.